The van der Waals surface area contributed by atoms with Crippen molar-refractivity contribution in [2.75, 3.05) is 0 Å². The Kier molecular flexibility index (Phi) is 4.05. The second-order valence-corrected chi connectivity index (χ2v) is 6.55. The van der Waals surface area contributed by atoms with Crippen molar-refractivity contribution < 1.29 is 14.3 Å². The third kappa shape index (κ3) is 2.89. The molecule has 130 valence electrons. The van der Waals surface area contributed by atoms with E-state index in [-0.39, 0.29) is 28.8 Å². The molecule has 5 heteroatoms. The SMILES string of the molecule is Cc1cccc2c(=O)c3c(O)cc(OCc4cccc(Cl)c4)cc3oc12. The number of aryl methyl sites for hydroxylation is 1. The third-order valence-corrected chi connectivity index (χ3v) is 4.48. The Labute approximate surface area is 154 Å². The average Bonchev–Trinajstić information content (AvgIpc) is 2.61. The molecule has 3 aromatic carbocycles. The predicted molar refractivity (Wildman–Crippen MR) is 102 cm³/mol. The van der Waals surface area contributed by atoms with Crippen LogP contribution in [-0.2, 0) is 6.61 Å². The largest absolute Gasteiger partial charge is 0.507 e. The molecule has 0 fully saturated rings. The molecule has 0 saturated heterocycles. The van der Waals surface area contributed by atoms with Crippen LogP contribution in [0.2, 0.25) is 5.02 Å². The first-order valence-electron chi connectivity index (χ1n) is 8.09. The Morgan fingerprint density at radius 1 is 1.12 bits per heavy atom. The van der Waals surface area contributed by atoms with Crippen LogP contribution >= 0.6 is 11.6 Å². The molecule has 0 spiro atoms. The topological polar surface area (TPSA) is 59.7 Å². The Morgan fingerprint density at radius 3 is 2.73 bits per heavy atom. The highest BCUT2D eigenvalue weighted by atomic mass is 35.5. The van der Waals surface area contributed by atoms with Crippen LogP contribution < -0.4 is 10.2 Å². The normalized spacial score (nSPS) is 11.2. The van der Waals surface area contributed by atoms with Gasteiger partial charge in [0.05, 0.1) is 5.39 Å². The van der Waals surface area contributed by atoms with E-state index in [0.717, 1.165) is 11.1 Å². The molecule has 1 N–H and O–H groups in total. The number of hydrogen-bond donors (Lipinski definition) is 1. The van der Waals surface area contributed by atoms with Crippen LogP contribution in [0.1, 0.15) is 11.1 Å². The fourth-order valence-electron chi connectivity index (χ4n) is 2.97. The number of hydrogen-bond acceptors (Lipinski definition) is 4. The highest BCUT2D eigenvalue weighted by Gasteiger charge is 2.14. The van der Waals surface area contributed by atoms with Crippen LogP contribution in [0.5, 0.6) is 11.5 Å². The minimum atomic E-state index is -0.260. The maximum atomic E-state index is 12.7. The zero-order valence-electron chi connectivity index (χ0n) is 14.0. The number of ether oxygens (including phenoxy) is 1. The quantitative estimate of drug-likeness (QED) is 0.507. The molecule has 4 nitrogen and oxygen atoms in total. The Balaban J connectivity index is 1.79. The lowest BCUT2D eigenvalue weighted by Crippen LogP contribution is -2.04. The molecular weight excluding hydrogens is 352 g/mol. The van der Waals surface area contributed by atoms with Gasteiger partial charge in [0.25, 0.3) is 0 Å². The molecular formula is C21H15ClO4. The van der Waals surface area contributed by atoms with Crippen LogP contribution in [0.4, 0.5) is 0 Å². The second-order valence-electron chi connectivity index (χ2n) is 6.12. The van der Waals surface area contributed by atoms with Crippen molar-refractivity contribution in [2.45, 2.75) is 13.5 Å². The van der Waals surface area contributed by atoms with E-state index in [1.165, 1.54) is 6.07 Å². The molecule has 1 heterocycles. The molecule has 0 saturated carbocycles. The molecule has 1 aromatic heterocycles. The van der Waals surface area contributed by atoms with Gasteiger partial charge in [0, 0.05) is 17.2 Å². The number of benzene rings is 3. The smallest absolute Gasteiger partial charge is 0.204 e. The molecule has 0 bridgehead atoms. The monoisotopic (exact) mass is 366 g/mol. The lowest BCUT2D eigenvalue weighted by atomic mass is 10.1. The van der Waals surface area contributed by atoms with Crippen molar-refractivity contribution in [3.8, 4) is 11.5 Å². The predicted octanol–water partition coefficient (Wildman–Crippen LogP) is 5.19. The van der Waals surface area contributed by atoms with E-state index in [0.29, 0.717) is 21.7 Å². The first kappa shape index (κ1) is 16.5. The van der Waals surface area contributed by atoms with Crippen LogP contribution in [0.3, 0.4) is 0 Å². The number of aromatic hydroxyl groups is 1. The fourth-order valence-corrected chi connectivity index (χ4v) is 3.19. The summed E-state index contributed by atoms with van der Waals surface area (Å²) in [6.07, 6.45) is 0. The summed E-state index contributed by atoms with van der Waals surface area (Å²) in [6, 6.07) is 15.7. The summed E-state index contributed by atoms with van der Waals surface area (Å²) < 4.78 is 11.6. The molecule has 0 amide bonds. The molecule has 0 aliphatic heterocycles. The molecule has 4 rings (SSSR count). The van der Waals surface area contributed by atoms with Gasteiger partial charge < -0.3 is 14.3 Å². The van der Waals surface area contributed by atoms with E-state index in [4.69, 9.17) is 20.8 Å². The highest BCUT2D eigenvalue weighted by molar-refractivity contribution is 6.30. The van der Waals surface area contributed by atoms with E-state index in [9.17, 15) is 9.90 Å². The van der Waals surface area contributed by atoms with E-state index in [1.807, 2.05) is 25.1 Å². The number of para-hydroxylation sites is 1. The van der Waals surface area contributed by atoms with E-state index >= 15 is 0 Å². The molecule has 0 radical (unpaired) electrons. The van der Waals surface area contributed by atoms with Crippen molar-refractivity contribution in [3.63, 3.8) is 0 Å². The number of halogens is 1. The first-order valence-corrected chi connectivity index (χ1v) is 8.47. The zero-order chi connectivity index (χ0) is 18.3. The van der Waals surface area contributed by atoms with Gasteiger partial charge in [-0.25, -0.2) is 0 Å². The average molecular weight is 367 g/mol. The molecule has 0 aliphatic carbocycles. The van der Waals surface area contributed by atoms with Gasteiger partial charge in [-0.2, -0.15) is 0 Å². The molecule has 0 unspecified atom stereocenters. The highest BCUT2D eigenvalue weighted by Crippen LogP contribution is 2.31. The van der Waals surface area contributed by atoms with Gasteiger partial charge in [-0.15, -0.1) is 0 Å². The summed E-state index contributed by atoms with van der Waals surface area (Å²) in [5.74, 6) is 0.242. The summed E-state index contributed by atoms with van der Waals surface area (Å²) in [7, 11) is 0. The van der Waals surface area contributed by atoms with Crippen molar-refractivity contribution in [3.05, 3.63) is 81.0 Å². The summed E-state index contributed by atoms with van der Waals surface area (Å²) in [5, 5.41) is 11.6. The number of phenols is 1. The van der Waals surface area contributed by atoms with E-state index < -0.39 is 0 Å². The maximum Gasteiger partial charge on any atom is 0.204 e. The minimum absolute atomic E-state index is 0.151. The van der Waals surface area contributed by atoms with Crippen molar-refractivity contribution >= 4 is 33.5 Å². The Bertz CT molecular complexity index is 1190. The van der Waals surface area contributed by atoms with E-state index in [2.05, 4.69) is 0 Å². The summed E-state index contributed by atoms with van der Waals surface area (Å²) in [6.45, 7) is 2.15. The lowest BCUT2D eigenvalue weighted by Gasteiger charge is -2.10. The minimum Gasteiger partial charge on any atom is -0.507 e. The number of rotatable bonds is 3. The molecule has 4 aromatic rings. The molecule has 0 atom stereocenters. The van der Waals surface area contributed by atoms with Gasteiger partial charge >= 0.3 is 0 Å². The molecule has 26 heavy (non-hydrogen) atoms. The first-order chi connectivity index (χ1) is 12.5. The van der Waals surface area contributed by atoms with Crippen molar-refractivity contribution in [1.82, 2.24) is 0 Å². The van der Waals surface area contributed by atoms with Gasteiger partial charge in [-0.1, -0.05) is 35.9 Å². The van der Waals surface area contributed by atoms with Crippen molar-refractivity contribution in [1.29, 1.82) is 0 Å². The Morgan fingerprint density at radius 2 is 1.92 bits per heavy atom. The number of fused-ring (bicyclic) bond motifs is 2. The Hall–Kier alpha value is -2.98. The summed E-state index contributed by atoms with van der Waals surface area (Å²) in [4.78, 5) is 12.7. The molecule has 0 aliphatic rings. The number of phenolic OH excluding ortho intramolecular Hbond substituents is 1. The lowest BCUT2D eigenvalue weighted by molar-refractivity contribution is 0.304. The van der Waals surface area contributed by atoms with Crippen LogP contribution in [0.25, 0.3) is 21.9 Å². The van der Waals surface area contributed by atoms with Gasteiger partial charge in [-0.05, 0) is 36.2 Å². The van der Waals surface area contributed by atoms with Crippen LogP contribution in [-0.4, -0.2) is 5.11 Å². The van der Waals surface area contributed by atoms with Crippen LogP contribution in [0.15, 0.2) is 63.8 Å². The van der Waals surface area contributed by atoms with Gasteiger partial charge in [0.2, 0.25) is 5.43 Å². The second kappa shape index (κ2) is 6.39. The van der Waals surface area contributed by atoms with Gasteiger partial charge in [-0.3, -0.25) is 4.79 Å². The standard InChI is InChI=1S/C21H15ClO4/c1-12-4-2-7-16-20(24)19-17(23)9-15(10-18(19)26-21(12)16)25-11-13-5-3-6-14(22)8-13/h2-10,23H,11H2,1H3. The maximum absolute atomic E-state index is 12.7. The third-order valence-electron chi connectivity index (χ3n) is 4.25. The van der Waals surface area contributed by atoms with Gasteiger partial charge in [0.15, 0.2) is 0 Å². The zero-order valence-corrected chi connectivity index (χ0v) is 14.7. The van der Waals surface area contributed by atoms with E-state index in [1.54, 1.807) is 30.3 Å². The summed E-state index contributed by atoms with van der Waals surface area (Å²) >= 11 is 5.97. The fraction of sp³-hybridized carbons (Fsp3) is 0.0952. The van der Waals surface area contributed by atoms with Crippen LogP contribution in [0, 0.1) is 6.92 Å². The van der Waals surface area contributed by atoms with Gasteiger partial charge in [0.1, 0.15) is 34.7 Å². The summed E-state index contributed by atoms with van der Waals surface area (Å²) in [5.41, 5.74) is 2.29. The van der Waals surface area contributed by atoms with Crippen molar-refractivity contribution in [2.24, 2.45) is 0 Å².